The maximum absolute atomic E-state index is 11.9. The van der Waals surface area contributed by atoms with Gasteiger partial charge in [0, 0.05) is 19.1 Å². The molecule has 2 aliphatic rings. The lowest BCUT2D eigenvalue weighted by atomic mass is 10.1. The number of β-amino-alcohol motifs (C(OH)–C–C–N with tert-alkyl or cyclic N) is 2. The SMILES string of the molecule is O=C(CN1C[C@@H](O)[C@@H](O)C1)NC1CCCCCC1. The van der Waals surface area contributed by atoms with Gasteiger partial charge in [-0.2, -0.15) is 0 Å². The third-order valence-corrected chi connectivity index (χ3v) is 3.92. The highest BCUT2D eigenvalue weighted by molar-refractivity contribution is 5.78. The molecule has 2 rings (SSSR count). The average molecular weight is 256 g/mol. The molecule has 1 amide bonds. The van der Waals surface area contributed by atoms with Crippen molar-refractivity contribution in [3.05, 3.63) is 0 Å². The Kier molecular flexibility index (Phi) is 4.97. The summed E-state index contributed by atoms with van der Waals surface area (Å²) >= 11 is 0. The molecule has 0 unspecified atom stereocenters. The molecule has 1 saturated carbocycles. The molecular formula is C13H24N2O3. The van der Waals surface area contributed by atoms with Crippen LogP contribution in [0.2, 0.25) is 0 Å². The normalized spacial score (nSPS) is 31.2. The quantitative estimate of drug-likeness (QED) is 0.615. The molecule has 104 valence electrons. The van der Waals surface area contributed by atoms with Crippen molar-refractivity contribution >= 4 is 5.91 Å². The largest absolute Gasteiger partial charge is 0.389 e. The minimum absolute atomic E-state index is 0.0169. The van der Waals surface area contributed by atoms with E-state index in [1.807, 2.05) is 0 Å². The van der Waals surface area contributed by atoms with E-state index in [-0.39, 0.29) is 12.5 Å². The summed E-state index contributed by atoms with van der Waals surface area (Å²) in [4.78, 5) is 13.7. The highest BCUT2D eigenvalue weighted by Gasteiger charge is 2.30. The Balaban J connectivity index is 1.71. The average Bonchev–Trinajstić information content (AvgIpc) is 2.55. The third kappa shape index (κ3) is 3.93. The number of amides is 1. The summed E-state index contributed by atoms with van der Waals surface area (Å²) in [5.74, 6) is 0.0169. The van der Waals surface area contributed by atoms with E-state index in [1.54, 1.807) is 4.90 Å². The maximum atomic E-state index is 11.9. The fraction of sp³-hybridized carbons (Fsp3) is 0.923. The van der Waals surface area contributed by atoms with Crippen LogP contribution in [0.5, 0.6) is 0 Å². The highest BCUT2D eigenvalue weighted by atomic mass is 16.3. The first-order chi connectivity index (χ1) is 8.65. The number of carbonyl (C=O) groups excluding carboxylic acids is 1. The molecule has 5 nitrogen and oxygen atoms in total. The van der Waals surface area contributed by atoms with Crippen LogP contribution in [0.4, 0.5) is 0 Å². The van der Waals surface area contributed by atoms with E-state index in [2.05, 4.69) is 5.32 Å². The van der Waals surface area contributed by atoms with Gasteiger partial charge >= 0.3 is 0 Å². The Morgan fingerprint density at radius 3 is 2.17 bits per heavy atom. The zero-order chi connectivity index (χ0) is 13.0. The Bertz CT molecular complexity index is 261. The second-order valence-electron chi connectivity index (χ2n) is 5.58. The number of carbonyl (C=O) groups is 1. The predicted octanol–water partition coefficient (Wildman–Crippen LogP) is -0.137. The van der Waals surface area contributed by atoms with Crippen molar-refractivity contribution in [3.63, 3.8) is 0 Å². The van der Waals surface area contributed by atoms with Gasteiger partial charge in [0.1, 0.15) is 0 Å². The number of nitrogens with one attached hydrogen (secondary N) is 1. The lowest BCUT2D eigenvalue weighted by Crippen LogP contribution is -2.41. The number of hydrogen-bond donors (Lipinski definition) is 3. The monoisotopic (exact) mass is 256 g/mol. The molecule has 0 aromatic rings. The van der Waals surface area contributed by atoms with Crippen molar-refractivity contribution in [2.75, 3.05) is 19.6 Å². The van der Waals surface area contributed by atoms with Crippen LogP contribution in [0, 0.1) is 0 Å². The van der Waals surface area contributed by atoms with Gasteiger partial charge in [-0.3, -0.25) is 9.69 Å². The second-order valence-corrected chi connectivity index (χ2v) is 5.58. The molecule has 1 aliphatic carbocycles. The fourth-order valence-corrected chi connectivity index (χ4v) is 2.88. The molecule has 0 aromatic carbocycles. The summed E-state index contributed by atoms with van der Waals surface area (Å²) in [5.41, 5.74) is 0. The van der Waals surface area contributed by atoms with Crippen LogP contribution in [0.25, 0.3) is 0 Å². The number of nitrogens with zero attached hydrogens (tertiary/aromatic N) is 1. The molecular weight excluding hydrogens is 232 g/mol. The van der Waals surface area contributed by atoms with Gasteiger partial charge in [-0.05, 0) is 12.8 Å². The minimum Gasteiger partial charge on any atom is -0.389 e. The van der Waals surface area contributed by atoms with Crippen LogP contribution in [-0.4, -0.2) is 58.9 Å². The second kappa shape index (κ2) is 6.50. The fourth-order valence-electron chi connectivity index (χ4n) is 2.88. The molecule has 0 aromatic heterocycles. The number of rotatable bonds is 3. The first-order valence-corrected chi connectivity index (χ1v) is 7.03. The van der Waals surface area contributed by atoms with Crippen LogP contribution >= 0.6 is 0 Å². The van der Waals surface area contributed by atoms with E-state index in [4.69, 9.17) is 0 Å². The first-order valence-electron chi connectivity index (χ1n) is 7.03. The van der Waals surface area contributed by atoms with Gasteiger partial charge < -0.3 is 15.5 Å². The number of hydrogen-bond acceptors (Lipinski definition) is 4. The van der Waals surface area contributed by atoms with Gasteiger partial charge in [0.2, 0.25) is 5.91 Å². The van der Waals surface area contributed by atoms with Gasteiger partial charge in [0.05, 0.1) is 18.8 Å². The summed E-state index contributed by atoms with van der Waals surface area (Å²) in [7, 11) is 0. The number of likely N-dealkylation sites (tertiary alicyclic amines) is 1. The summed E-state index contributed by atoms with van der Waals surface area (Å²) < 4.78 is 0. The molecule has 2 atom stereocenters. The molecule has 1 heterocycles. The summed E-state index contributed by atoms with van der Waals surface area (Å²) in [5, 5.41) is 21.9. The molecule has 0 bridgehead atoms. The lowest BCUT2D eigenvalue weighted by molar-refractivity contribution is -0.122. The molecule has 0 radical (unpaired) electrons. The standard InChI is InChI=1S/C13H24N2O3/c16-11-7-15(8-12(11)17)9-13(18)14-10-5-3-1-2-4-6-10/h10-12,16-17H,1-9H2,(H,14,18)/t11-,12+. The van der Waals surface area contributed by atoms with Gasteiger partial charge in [0.15, 0.2) is 0 Å². The zero-order valence-electron chi connectivity index (χ0n) is 10.8. The molecule has 5 heteroatoms. The van der Waals surface area contributed by atoms with Gasteiger partial charge in [-0.1, -0.05) is 25.7 Å². The summed E-state index contributed by atoms with van der Waals surface area (Å²) in [6.45, 7) is 1.06. The first kappa shape index (κ1) is 13.8. The molecule has 18 heavy (non-hydrogen) atoms. The van der Waals surface area contributed by atoms with E-state index in [9.17, 15) is 15.0 Å². The maximum Gasteiger partial charge on any atom is 0.234 e. The van der Waals surface area contributed by atoms with E-state index >= 15 is 0 Å². The van der Waals surface area contributed by atoms with Crippen LogP contribution in [0.1, 0.15) is 38.5 Å². The molecule has 0 spiro atoms. The van der Waals surface area contributed by atoms with Crippen molar-refractivity contribution < 1.29 is 15.0 Å². The topological polar surface area (TPSA) is 72.8 Å². The van der Waals surface area contributed by atoms with Crippen LogP contribution in [0.15, 0.2) is 0 Å². The predicted molar refractivity (Wildman–Crippen MR) is 68.1 cm³/mol. The molecule has 3 N–H and O–H groups in total. The van der Waals surface area contributed by atoms with E-state index in [0.717, 1.165) is 12.8 Å². The van der Waals surface area contributed by atoms with Crippen LogP contribution in [0.3, 0.4) is 0 Å². The van der Waals surface area contributed by atoms with Crippen LogP contribution < -0.4 is 5.32 Å². The van der Waals surface area contributed by atoms with E-state index in [0.29, 0.717) is 19.1 Å². The molecule has 1 saturated heterocycles. The smallest absolute Gasteiger partial charge is 0.234 e. The Morgan fingerprint density at radius 1 is 1.06 bits per heavy atom. The van der Waals surface area contributed by atoms with Crippen molar-refractivity contribution in [2.45, 2.75) is 56.8 Å². The molecule has 1 aliphatic heterocycles. The number of aliphatic hydroxyl groups is 2. The van der Waals surface area contributed by atoms with E-state index in [1.165, 1.54) is 25.7 Å². The Hall–Kier alpha value is -0.650. The Morgan fingerprint density at radius 2 is 1.61 bits per heavy atom. The lowest BCUT2D eigenvalue weighted by Gasteiger charge is -2.19. The van der Waals surface area contributed by atoms with E-state index < -0.39 is 12.2 Å². The zero-order valence-corrected chi connectivity index (χ0v) is 10.8. The van der Waals surface area contributed by atoms with Crippen LogP contribution in [-0.2, 0) is 4.79 Å². The summed E-state index contributed by atoms with van der Waals surface area (Å²) in [6, 6.07) is 0.317. The van der Waals surface area contributed by atoms with Gasteiger partial charge in [-0.25, -0.2) is 0 Å². The van der Waals surface area contributed by atoms with Crippen molar-refractivity contribution in [3.8, 4) is 0 Å². The van der Waals surface area contributed by atoms with Crippen molar-refractivity contribution in [1.29, 1.82) is 0 Å². The number of aliphatic hydroxyl groups excluding tert-OH is 2. The van der Waals surface area contributed by atoms with Gasteiger partial charge in [0.25, 0.3) is 0 Å². The minimum atomic E-state index is -0.712. The highest BCUT2D eigenvalue weighted by Crippen LogP contribution is 2.17. The van der Waals surface area contributed by atoms with Crippen molar-refractivity contribution in [1.82, 2.24) is 10.2 Å². The van der Waals surface area contributed by atoms with Crippen molar-refractivity contribution in [2.24, 2.45) is 0 Å². The van der Waals surface area contributed by atoms with Gasteiger partial charge in [-0.15, -0.1) is 0 Å². The Labute approximate surface area is 108 Å². The molecule has 2 fully saturated rings. The third-order valence-electron chi connectivity index (χ3n) is 3.92. The summed E-state index contributed by atoms with van der Waals surface area (Å²) in [6.07, 6.45) is 5.69.